The lowest BCUT2D eigenvalue weighted by Crippen LogP contribution is -2.49. The van der Waals surface area contributed by atoms with Gasteiger partial charge in [-0.25, -0.2) is 18.1 Å². The quantitative estimate of drug-likeness (QED) is 0.737. The molecule has 2 aliphatic heterocycles. The van der Waals surface area contributed by atoms with Crippen LogP contribution >= 0.6 is 0 Å². The lowest BCUT2D eigenvalue weighted by atomic mass is 9.86. The average molecular weight is 460 g/mol. The minimum absolute atomic E-state index is 0.0382. The van der Waals surface area contributed by atoms with Gasteiger partial charge in [-0.15, -0.1) is 0 Å². The summed E-state index contributed by atoms with van der Waals surface area (Å²) in [5, 5.41) is 6.73. The molecule has 0 aromatic carbocycles. The smallest absolute Gasteiger partial charge is 0.300 e. The van der Waals surface area contributed by atoms with Gasteiger partial charge in [0.2, 0.25) is 11.8 Å². The Labute approximate surface area is 192 Å². The number of pyridine rings is 1. The number of nitrogens with zero attached hydrogens (tertiary/aromatic N) is 4. The molecule has 1 unspecified atom stereocenters. The summed E-state index contributed by atoms with van der Waals surface area (Å²) < 4.78 is 28.9. The number of alkyl halides is 2. The minimum Gasteiger partial charge on any atom is -0.300 e. The summed E-state index contributed by atoms with van der Waals surface area (Å²) in [6.07, 6.45) is 7.62. The molecule has 0 bridgehead atoms. The summed E-state index contributed by atoms with van der Waals surface area (Å²) in [7, 11) is 0. The molecule has 2 aromatic rings. The van der Waals surface area contributed by atoms with Crippen molar-refractivity contribution < 1.29 is 18.4 Å². The molecule has 0 radical (unpaired) electrons. The third kappa shape index (κ3) is 4.74. The molecular weight excluding hydrogens is 428 g/mol. The van der Waals surface area contributed by atoms with Crippen LogP contribution in [0.5, 0.6) is 0 Å². The van der Waals surface area contributed by atoms with Crippen LogP contribution in [0.1, 0.15) is 51.0 Å². The van der Waals surface area contributed by atoms with Gasteiger partial charge < -0.3 is 4.90 Å². The second-order valence-corrected chi connectivity index (χ2v) is 10.1. The Hall–Kier alpha value is -2.55. The van der Waals surface area contributed by atoms with Gasteiger partial charge >= 0.3 is 6.03 Å². The van der Waals surface area contributed by atoms with Gasteiger partial charge in [0.05, 0.1) is 17.4 Å². The van der Waals surface area contributed by atoms with Crippen LogP contribution < -0.4 is 10.2 Å². The zero-order valence-electron chi connectivity index (χ0n) is 19.0. The number of carbonyl (C=O) groups excluding carboxylic acids is 2. The van der Waals surface area contributed by atoms with Gasteiger partial charge in [-0.3, -0.25) is 15.0 Å². The number of urea groups is 1. The summed E-state index contributed by atoms with van der Waals surface area (Å²) in [5.41, 5.74) is 2.75. The van der Waals surface area contributed by atoms with E-state index in [1.54, 1.807) is 15.6 Å². The summed E-state index contributed by atoms with van der Waals surface area (Å²) in [6, 6.07) is 4.14. The van der Waals surface area contributed by atoms with E-state index in [0.717, 1.165) is 37.9 Å². The number of aromatic nitrogens is 2. The number of anilines is 1. The van der Waals surface area contributed by atoms with Crippen molar-refractivity contribution in [1.29, 1.82) is 0 Å². The Morgan fingerprint density at radius 1 is 1.21 bits per heavy atom. The van der Waals surface area contributed by atoms with E-state index in [1.165, 1.54) is 5.56 Å². The van der Waals surface area contributed by atoms with E-state index in [1.807, 2.05) is 6.20 Å². The highest BCUT2D eigenvalue weighted by atomic mass is 19.3. The van der Waals surface area contributed by atoms with E-state index in [9.17, 15) is 18.4 Å². The van der Waals surface area contributed by atoms with Crippen molar-refractivity contribution in [2.75, 3.05) is 24.5 Å². The normalized spacial score (nSPS) is 28.5. The highest BCUT2D eigenvalue weighted by Gasteiger charge is 2.40. The molecule has 1 N–H and O–H groups in total. The Bertz CT molecular complexity index is 1050. The van der Waals surface area contributed by atoms with Crippen LogP contribution in [0.25, 0.3) is 5.52 Å². The van der Waals surface area contributed by atoms with Crippen molar-refractivity contribution in [1.82, 2.24) is 19.8 Å². The number of likely N-dealkylation sites (tertiary alicyclic amines) is 1. The van der Waals surface area contributed by atoms with Gasteiger partial charge in [0.1, 0.15) is 0 Å². The molecule has 2 aromatic heterocycles. The predicted molar refractivity (Wildman–Crippen MR) is 120 cm³/mol. The van der Waals surface area contributed by atoms with Gasteiger partial charge in [-0.1, -0.05) is 0 Å². The molecule has 3 amide bonds. The summed E-state index contributed by atoms with van der Waals surface area (Å²) in [5.74, 6) is -2.08. The second kappa shape index (κ2) is 8.66. The lowest BCUT2D eigenvalue weighted by Gasteiger charge is -2.39. The molecule has 2 saturated heterocycles. The Balaban J connectivity index is 1.23. The summed E-state index contributed by atoms with van der Waals surface area (Å²) >= 11 is 0. The molecule has 9 heteroatoms. The first-order valence-corrected chi connectivity index (χ1v) is 12.0. The number of rotatable bonds is 5. The maximum atomic E-state index is 13.6. The van der Waals surface area contributed by atoms with Crippen molar-refractivity contribution in [2.45, 2.75) is 63.8 Å². The van der Waals surface area contributed by atoms with Crippen LogP contribution in [0.3, 0.4) is 0 Å². The summed E-state index contributed by atoms with van der Waals surface area (Å²) in [6.45, 7) is 4.30. The highest BCUT2D eigenvalue weighted by molar-refractivity contribution is 6.07. The zero-order chi connectivity index (χ0) is 23.2. The topological polar surface area (TPSA) is 70.0 Å². The van der Waals surface area contributed by atoms with Crippen molar-refractivity contribution >= 4 is 23.1 Å². The Morgan fingerprint density at radius 2 is 2.06 bits per heavy atom. The molecule has 1 saturated carbocycles. The number of halogens is 2. The molecular formula is C24H31F2N5O2. The molecule has 5 rings (SSSR count). The first-order chi connectivity index (χ1) is 15.8. The molecule has 4 heterocycles. The van der Waals surface area contributed by atoms with Gasteiger partial charge in [0, 0.05) is 44.6 Å². The number of piperidine rings is 1. The van der Waals surface area contributed by atoms with Crippen LogP contribution in [0.15, 0.2) is 24.5 Å². The van der Waals surface area contributed by atoms with Crippen molar-refractivity contribution in [2.24, 2.45) is 11.8 Å². The number of imide groups is 1. The van der Waals surface area contributed by atoms with E-state index < -0.39 is 12.0 Å². The monoisotopic (exact) mass is 459 g/mol. The molecule has 0 spiro atoms. The predicted octanol–water partition coefficient (Wildman–Crippen LogP) is 3.86. The molecule has 3 fully saturated rings. The maximum Gasteiger partial charge on any atom is 0.328 e. The third-order valence-corrected chi connectivity index (χ3v) is 7.56. The largest absolute Gasteiger partial charge is 0.328 e. The van der Waals surface area contributed by atoms with Gasteiger partial charge in [0.15, 0.2) is 0 Å². The SMILES string of the molecule is C[C@H]1CC(Cc2ccn3ncc(N4CCC(=O)NC4=O)c3c2)CCN1C[C@@H]1CCC(F)(F)C1. The third-order valence-electron chi connectivity index (χ3n) is 7.56. The number of nitrogens with one attached hydrogen (secondary N) is 1. The van der Waals surface area contributed by atoms with Crippen LogP contribution in [-0.4, -0.2) is 58.1 Å². The number of hydrogen-bond acceptors (Lipinski definition) is 4. The minimum atomic E-state index is -2.47. The van der Waals surface area contributed by atoms with Gasteiger partial charge in [-0.05, 0) is 68.7 Å². The Kier molecular flexibility index (Phi) is 5.84. The van der Waals surface area contributed by atoms with E-state index in [-0.39, 0.29) is 31.1 Å². The number of fused-ring (bicyclic) bond motifs is 1. The fourth-order valence-corrected chi connectivity index (χ4v) is 5.78. The van der Waals surface area contributed by atoms with Crippen molar-refractivity contribution in [3.63, 3.8) is 0 Å². The number of hydrogen-bond donors (Lipinski definition) is 1. The van der Waals surface area contributed by atoms with E-state index in [4.69, 9.17) is 0 Å². The summed E-state index contributed by atoms with van der Waals surface area (Å²) in [4.78, 5) is 27.7. The average Bonchev–Trinajstić information content (AvgIpc) is 3.32. The van der Waals surface area contributed by atoms with Crippen LogP contribution in [0.2, 0.25) is 0 Å². The van der Waals surface area contributed by atoms with Crippen molar-refractivity contribution in [3.8, 4) is 0 Å². The standard InChI is InChI=1S/C24H31F2N5O2/c1-16-10-17(3-7-29(16)15-19-2-6-24(25,26)13-19)11-18-4-9-31-20(12-18)21(14-27-31)30-8-5-22(32)28-23(30)33/h4,9,12,14,16-17,19H,2-3,5-8,10-11,13,15H2,1H3,(H,28,32,33)/t16-,17?,19+/m0/s1. The molecule has 3 aliphatic rings. The fourth-order valence-electron chi connectivity index (χ4n) is 5.78. The molecule has 3 atom stereocenters. The first-order valence-electron chi connectivity index (χ1n) is 12.0. The van der Waals surface area contributed by atoms with E-state index >= 15 is 0 Å². The maximum absolute atomic E-state index is 13.6. The Morgan fingerprint density at radius 3 is 2.79 bits per heavy atom. The zero-order valence-corrected chi connectivity index (χ0v) is 19.0. The van der Waals surface area contributed by atoms with Crippen molar-refractivity contribution in [3.05, 3.63) is 30.1 Å². The number of carbonyl (C=O) groups is 2. The van der Waals surface area contributed by atoms with Crippen LogP contribution in [0, 0.1) is 11.8 Å². The molecule has 178 valence electrons. The second-order valence-electron chi connectivity index (χ2n) is 10.1. The van der Waals surface area contributed by atoms with Crippen LogP contribution in [-0.2, 0) is 11.2 Å². The first kappa shape index (κ1) is 22.3. The lowest BCUT2D eigenvalue weighted by molar-refractivity contribution is -0.120. The van der Waals surface area contributed by atoms with Gasteiger partial charge in [0.25, 0.3) is 0 Å². The molecule has 33 heavy (non-hydrogen) atoms. The molecule has 7 nitrogen and oxygen atoms in total. The van der Waals surface area contributed by atoms with E-state index in [2.05, 4.69) is 34.4 Å². The van der Waals surface area contributed by atoms with E-state index in [0.29, 0.717) is 30.6 Å². The fraction of sp³-hybridized carbons (Fsp3) is 0.625. The highest BCUT2D eigenvalue weighted by Crippen LogP contribution is 2.40. The van der Waals surface area contributed by atoms with Crippen LogP contribution in [0.4, 0.5) is 19.3 Å². The molecule has 1 aliphatic carbocycles. The van der Waals surface area contributed by atoms with Gasteiger partial charge in [-0.2, -0.15) is 5.10 Å². The number of amides is 3.